The number of carbonyl (C=O) groups is 1. The molecule has 2 N–H and O–H groups in total. The Hall–Kier alpha value is -1.44. The lowest BCUT2D eigenvalue weighted by atomic mass is 10.1. The Labute approximate surface area is 111 Å². The van der Waals surface area contributed by atoms with Gasteiger partial charge in [-0.15, -0.1) is 10.2 Å². The van der Waals surface area contributed by atoms with Crippen LogP contribution in [0.2, 0.25) is 0 Å². The van der Waals surface area contributed by atoms with E-state index in [-0.39, 0.29) is 5.91 Å². The molecule has 0 saturated heterocycles. The highest BCUT2D eigenvalue weighted by atomic mass is 32.2. The largest absolute Gasteiger partial charge is 0.378 e. The van der Waals surface area contributed by atoms with E-state index in [1.807, 2.05) is 19.1 Å². The van der Waals surface area contributed by atoms with Crippen LogP contribution in [-0.4, -0.2) is 21.2 Å². The van der Waals surface area contributed by atoms with E-state index in [1.165, 1.54) is 23.1 Å². The maximum Gasteiger partial charge on any atom is 0.257 e. The van der Waals surface area contributed by atoms with Crippen LogP contribution in [0.3, 0.4) is 0 Å². The minimum absolute atomic E-state index is 0.376. The molecule has 5 nitrogen and oxygen atoms in total. The number of aliphatic hydroxyl groups is 1. The molecule has 2 aromatic rings. The number of nitrogens with one attached hydrogen (secondary N) is 1. The second kappa shape index (κ2) is 4.34. The molecule has 1 unspecified atom stereocenters. The van der Waals surface area contributed by atoms with Crippen molar-refractivity contribution in [1.82, 2.24) is 10.2 Å². The van der Waals surface area contributed by atoms with Gasteiger partial charge in [-0.05, 0) is 19.1 Å². The predicted octanol–water partition coefficient (Wildman–Crippen LogP) is 1.98. The summed E-state index contributed by atoms with van der Waals surface area (Å²) in [6.45, 7) is 1.90. The van der Waals surface area contributed by atoms with Gasteiger partial charge in [0.25, 0.3) is 5.91 Å². The van der Waals surface area contributed by atoms with E-state index in [0.717, 1.165) is 14.2 Å². The van der Waals surface area contributed by atoms with Crippen molar-refractivity contribution in [2.75, 3.05) is 5.32 Å². The van der Waals surface area contributed by atoms with Crippen LogP contribution in [0.25, 0.3) is 0 Å². The maximum absolute atomic E-state index is 11.3. The Kier molecular flexibility index (Phi) is 2.81. The van der Waals surface area contributed by atoms with Crippen molar-refractivity contribution in [3.63, 3.8) is 0 Å². The van der Waals surface area contributed by atoms with Crippen molar-refractivity contribution in [2.45, 2.75) is 22.3 Å². The summed E-state index contributed by atoms with van der Waals surface area (Å²) in [7, 11) is 0. The quantitative estimate of drug-likeness (QED) is 0.879. The number of rotatable bonds is 2. The van der Waals surface area contributed by atoms with Crippen LogP contribution in [0.1, 0.15) is 16.7 Å². The van der Waals surface area contributed by atoms with Crippen LogP contribution in [0.15, 0.2) is 27.4 Å². The number of aromatic nitrogens is 2. The van der Waals surface area contributed by atoms with E-state index in [4.69, 9.17) is 0 Å². The van der Waals surface area contributed by atoms with Gasteiger partial charge in [-0.2, -0.15) is 0 Å². The zero-order valence-corrected chi connectivity index (χ0v) is 11.0. The summed E-state index contributed by atoms with van der Waals surface area (Å²) >= 11 is 3.01. The average molecular weight is 279 g/mol. The molecule has 7 heteroatoms. The van der Waals surface area contributed by atoms with E-state index >= 15 is 0 Å². The zero-order chi connectivity index (χ0) is 12.7. The van der Waals surface area contributed by atoms with E-state index in [9.17, 15) is 9.90 Å². The SMILES string of the molecule is Cc1nnc(Sc2ccc3c(c2)NC(=O)C3O)s1. The third kappa shape index (κ3) is 2.00. The first-order chi connectivity index (χ1) is 8.63. The lowest BCUT2D eigenvalue weighted by molar-refractivity contribution is -0.123. The summed E-state index contributed by atoms with van der Waals surface area (Å²) < 4.78 is 0.859. The van der Waals surface area contributed by atoms with Crippen molar-refractivity contribution in [2.24, 2.45) is 0 Å². The van der Waals surface area contributed by atoms with Crippen molar-refractivity contribution < 1.29 is 9.90 Å². The Morgan fingerprint density at radius 3 is 3.00 bits per heavy atom. The molecule has 1 aliphatic rings. The molecular formula is C11H9N3O2S2. The predicted molar refractivity (Wildman–Crippen MR) is 68.8 cm³/mol. The average Bonchev–Trinajstić information content (AvgIpc) is 2.85. The molecule has 0 spiro atoms. The van der Waals surface area contributed by atoms with Crippen molar-refractivity contribution in [3.05, 3.63) is 28.8 Å². The van der Waals surface area contributed by atoms with Gasteiger partial charge in [0.05, 0.1) is 0 Å². The molecule has 1 atom stereocenters. The molecule has 0 saturated carbocycles. The molecule has 18 heavy (non-hydrogen) atoms. The normalized spacial score (nSPS) is 17.7. The monoisotopic (exact) mass is 279 g/mol. The van der Waals surface area contributed by atoms with Gasteiger partial charge >= 0.3 is 0 Å². The zero-order valence-electron chi connectivity index (χ0n) is 9.38. The summed E-state index contributed by atoms with van der Waals surface area (Å²) in [5, 5.41) is 21.1. The highest BCUT2D eigenvalue weighted by Crippen LogP contribution is 2.37. The van der Waals surface area contributed by atoms with Crippen molar-refractivity contribution >= 4 is 34.7 Å². The molecule has 1 amide bonds. The topological polar surface area (TPSA) is 75.1 Å². The fourth-order valence-electron chi connectivity index (χ4n) is 1.71. The van der Waals surface area contributed by atoms with Crippen LogP contribution < -0.4 is 5.32 Å². The first-order valence-electron chi connectivity index (χ1n) is 5.24. The number of nitrogens with zero attached hydrogens (tertiary/aromatic N) is 2. The van der Waals surface area contributed by atoms with Crippen LogP contribution in [0.5, 0.6) is 0 Å². The van der Waals surface area contributed by atoms with Gasteiger partial charge in [0.15, 0.2) is 10.4 Å². The fraction of sp³-hybridized carbons (Fsp3) is 0.182. The van der Waals surface area contributed by atoms with Gasteiger partial charge in [0, 0.05) is 16.1 Å². The Morgan fingerprint density at radius 2 is 2.28 bits per heavy atom. The van der Waals surface area contributed by atoms with E-state index in [0.29, 0.717) is 11.3 Å². The fourth-order valence-corrected chi connectivity index (χ4v) is 3.54. The molecular weight excluding hydrogens is 270 g/mol. The third-order valence-electron chi connectivity index (χ3n) is 2.54. The molecule has 1 aromatic heterocycles. The number of benzene rings is 1. The standard InChI is InChI=1S/C11H9N3O2S2/c1-5-13-14-11(17-5)18-6-2-3-7-8(4-6)12-10(16)9(7)15/h2-4,9,15H,1H3,(H,12,16). The Balaban J connectivity index is 1.88. The lowest BCUT2D eigenvalue weighted by Gasteiger charge is -2.02. The first-order valence-corrected chi connectivity index (χ1v) is 6.87. The van der Waals surface area contributed by atoms with Gasteiger partial charge in [-0.1, -0.05) is 29.2 Å². The van der Waals surface area contributed by atoms with Gasteiger partial charge in [-0.25, -0.2) is 0 Å². The number of hydrogen-bond acceptors (Lipinski definition) is 6. The van der Waals surface area contributed by atoms with Gasteiger partial charge < -0.3 is 10.4 Å². The second-order valence-electron chi connectivity index (χ2n) is 3.83. The minimum atomic E-state index is -1.05. The summed E-state index contributed by atoms with van der Waals surface area (Å²) in [4.78, 5) is 12.3. The van der Waals surface area contributed by atoms with Gasteiger partial charge in [-0.3, -0.25) is 4.79 Å². The number of amides is 1. The molecule has 92 valence electrons. The Morgan fingerprint density at radius 1 is 1.44 bits per heavy atom. The molecule has 1 aliphatic heterocycles. The molecule has 2 heterocycles. The molecule has 0 bridgehead atoms. The van der Waals surface area contributed by atoms with E-state index in [1.54, 1.807) is 6.07 Å². The van der Waals surface area contributed by atoms with Crippen molar-refractivity contribution in [3.8, 4) is 0 Å². The van der Waals surface area contributed by atoms with Crippen molar-refractivity contribution in [1.29, 1.82) is 0 Å². The summed E-state index contributed by atoms with van der Waals surface area (Å²) in [6, 6.07) is 5.46. The van der Waals surface area contributed by atoms with E-state index in [2.05, 4.69) is 15.5 Å². The van der Waals surface area contributed by atoms with Gasteiger partial charge in [0.2, 0.25) is 0 Å². The van der Waals surface area contributed by atoms with Crippen LogP contribution in [-0.2, 0) is 4.79 Å². The number of fused-ring (bicyclic) bond motifs is 1. The summed E-state index contributed by atoms with van der Waals surface area (Å²) in [5.74, 6) is -0.376. The molecule has 1 aromatic carbocycles. The lowest BCUT2D eigenvalue weighted by Crippen LogP contribution is -2.10. The van der Waals surface area contributed by atoms with Crippen LogP contribution in [0, 0.1) is 6.92 Å². The number of aryl methyl sites for hydroxylation is 1. The maximum atomic E-state index is 11.3. The summed E-state index contributed by atoms with van der Waals surface area (Å²) in [5.41, 5.74) is 1.29. The third-order valence-corrected chi connectivity index (χ3v) is 4.42. The van der Waals surface area contributed by atoms with Gasteiger partial charge in [0.1, 0.15) is 5.01 Å². The number of carbonyl (C=O) groups excluding carboxylic acids is 1. The second-order valence-corrected chi connectivity index (χ2v) is 6.33. The van der Waals surface area contributed by atoms with E-state index < -0.39 is 6.10 Å². The minimum Gasteiger partial charge on any atom is -0.378 e. The Bertz CT molecular complexity index is 627. The number of anilines is 1. The molecule has 3 rings (SSSR count). The number of hydrogen-bond donors (Lipinski definition) is 2. The molecule has 0 radical (unpaired) electrons. The highest BCUT2D eigenvalue weighted by molar-refractivity contribution is 8.01. The van der Waals surface area contributed by atoms with Crippen LogP contribution in [0.4, 0.5) is 5.69 Å². The molecule has 0 fully saturated rings. The summed E-state index contributed by atoms with van der Waals surface area (Å²) in [6.07, 6.45) is -1.05. The number of aliphatic hydroxyl groups excluding tert-OH is 1. The smallest absolute Gasteiger partial charge is 0.257 e. The first kappa shape index (κ1) is 11.6. The highest BCUT2D eigenvalue weighted by Gasteiger charge is 2.28. The molecule has 0 aliphatic carbocycles. The van der Waals surface area contributed by atoms with Crippen LogP contribution >= 0.6 is 23.1 Å².